The molecule has 3 nitrogen and oxygen atoms in total. The van der Waals surface area contributed by atoms with E-state index in [-0.39, 0.29) is 5.54 Å². The molecule has 3 rings (SSSR count). The Kier molecular flexibility index (Phi) is 4.55. The zero-order valence-corrected chi connectivity index (χ0v) is 13.6. The van der Waals surface area contributed by atoms with Gasteiger partial charge in [-0.3, -0.25) is 9.80 Å². The molecule has 1 aromatic carbocycles. The molecule has 1 unspecified atom stereocenters. The number of halogens is 1. The minimum Gasteiger partial charge on any atom is -0.329 e. The van der Waals surface area contributed by atoms with Gasteiger partial charge in [0.15, 0.2) is 0 Å². The second-order valence-electron chi connectivity index (χ2n) is 6.76. The molecule has 2 N–H and O–H groups in total. The summed E-state index contributed by atoms with van der Waals surface area (Å²) in [4.78, 5) is 5.23. The standard InChI is InChI=1S/C17H26ClN3/c1-17(13-19,12-14-2-4-15(18)5-3-14)21-10-8-20(9-11-21)16-6-7-16/h2-5,16H,6-13,19H2,1H3. The molecule has 0 bridgehead atoms. The van der Waals surface area contributed by atoms with Gasteiger partial charge >= 0.3 is 0 Å². The molecule has 0 radical (unpaired) electrons. The van der Waals surface area contributed by atoms with Crippen LogP contribution in [-0.4, -0.2) is 54.1 Å². The number of hydrogen-bond acceptors (Lipinski definition) is 3. The summed E-state index contributed by atoms with van der Waals surface area (Å²) in [6.07, 6.45) is 3.79. The van der Waals surface area contributed by atoms with E-state index in [4.69, 9.17) is 17.3 Å². The van der Waals surface area contributed by atoms with Crippen LogP contribution in [0.5, 0.6) is 0 Å². The lowest BCUT2D eigenvalue weighted by atomic mass is 9.90. The van der Waals surface area contributed by atoms with Gasteiger partial charge in [-0.25, -0.2) is 0 Å². The first kappa shape index (κ1) is 15.3. The fourth-order valence-corrected chi connectivity index (χ4v) is 3.55. The Morgan fingerprint density at radius 3 is 2.29 bits per heavy atom. The van der Waals surface area contributed by atoms with Crippen molar-refractivity contribution < 1.29 is 0 Å². The van der Waals surface area contributed by atoms with Crippen molar-refractivity contribution in [2.45, 2.75) is 37.8 Å². The molecule has 1 aliphatic carbocycles. The quantitative estimate of drug-likeness (QED) is 0.906. The van der Waals surface area contributed by atoms with Gasteiger partial charge in [-0.15, -0.1) is 0 Å². The Labute approximate surface area is 133 Å². The molecule has 0 amide bonds. The van der Waals surface area contributed by atoms with Crippen LogP contribution in [0.3, 0.4) is 0 Å². The summed E-state index contributed by atoms with van der Waals surface area (Å²) in [5.41, 5.74) is 7.50. The van der Waals surface area contributed by atoms with E-state index < -0.39 is 0 Å². The molecule has 1 atom stereocenters. The van der Waals surface area contributed by atoms with Crippen molar-refractivity contribution in [1.82, 2.24) is 9.80 Å². The van der Waals surface area contributed by atoms with Crippen LogP contribution in [0, 0.1) is 0 Å². The predicted octanol–water partition coefficient (Wildman–Crippen LogP) is 2.38. The van der Waals surface area contributed by atoms with E-state index in [1.165, 1.54) is 31.5 Å². The Hall–Kier alpha value is -0.610. The van der Waals surface area contributed by atoms with Gasteiger partial charge in [-0.2, -0.15) is 0 Å². The summed E-state index contributed by atoms with van der Waals surface area (Å²) in [5, 5.41) is 0.797. The molecular formula is C17H26ClN3. The third kappa shape index (κ3) is 3.59. The van der Waals surface area contributed by atoms with Gasteiger partial charge in [0.05, 0.1) is 0 Å². The maximum atomic E-state index is 6.14. The fourth-order valence-electron chi connectivity index (χ4n) is 3.42. The van der Waals surface area contributed by atoms with Gasteiger partial charge in [-0.1, -0.05) is 23.7 Å². The number of nitrogens with two attached hydrogens (primary N) is 1. The van der Waals surface area contributed by atoms with Gasteiger partial charge in [0.25, 0.3) is 0 Å². The molecule has 0 spiro atoms. The minimum absolute atomic E-state index is 0.0451. The molecular weight excluding hydrogens is 282 g/mol. The monoisotopic (exact) mass is 307 g/mol. The fraction of sp³-hybridized carbons (Fsp3) is 0.647. The summed E-state index contributed by atoms with van der Waals surface area (Å²) in [6, 6.07) is 9.07. The summed E-state index contributed by atoms with van der Waals surface area (Å²) in [6.45, 7) is 7.66. The average molecular weight is 308 g/mol. The van der Waals surface area contributed by atoms with Gasteiger partial charge < -0.3 is 5.73 Å². The highest BCUT2D eigenvalue weighted by atomic mass is 35.5. The first-order chi connectivity index (χ1) is 10.1. The van der Waals surface area contributed by atoms with Crippen LogP contribution >= 0.6 is 11.6 Å². The van der Waals surface area contributed by atoms with E-state index in [0.717, 1.165) is 30.6 Å². The van der Waals surface area contributed by atoms with Gasteiger partial charge in [0.2, 0.25) is 0 Å². The Morgan fingerprint density at radius 1 is 1.14 bits per heavy atom. The topological polar surface area (TPSA) is 32.5 Å². The van der Waals surface area contributed by atoms with E-state index in [1.807, 2.05) is 12.1 Å². The molecule has 2 aliphatic rings. The highest BCUT2D eigenvalue weighted by Crippen LogP contribution is 2.29. The van der Waals surface area contributed by atoms with Gasteiger partial charge in [0.1, 0.15) is 0 Å². The Morgan fingerprint density at radius 2 is 1.76 bits per heavy atom. The highest BCUT2D eigenvalue weighted by molar-refractivity contribution is 6.30. The van der Waals surface area contributed by atoms with E-state index in [2.05, 4.69) is 28.9 Å². The SMILES string of the molecule is CC(CN)(Cc1ccc(Cl)cc1)N1CCN(C2CC2)CC1. The zero-order chi connectivity index (χ0) is 14.9. The van der Waals surface area contributed by atoms with Crippen molar-refractivity contribution in [2.24, 2.45) is 5.73 Å². The number of nitrogens with zero attached hydrogens (tertiary/aromatic N) is 2. The summed E-state index contributed by atoms with van der Waals surface area (Å²) in [7, 11) is 0. The van der Waals surface area contributed by atoms with Crippen molar-refractivity contribution in [3.63, 3.8) is 0 Å². The Bertz CT molecular complexity index is 463. The van der Waals surface area contributed by atoms with Crippen molar-refractivity contribution in [3.05, 3.63) is 34.9 Å². The minimum atomic E-state index is 0.0451. The van der Waals surface area contributed by atoms with Crippen molar-refractivity contribution in [3.8, 4) is 0 Å². The van der Waals surface area contributed by atoms with Crippen molar-refractivity contribution >= 4 is 11.6 Å². The molecule has 1 aromatic rings. The molecule has 116 valence electrons. The molecule has 21 heavy (non-hydrogen) atoms. The second kappa shape index (κ2) is 6.25. The summed E-state index contributed by atoms with van der Waals surface area (Å²) in [5.74, 6) is 0. The van der Waals surface area contributed by atoms with Crippen LogP contribution in [0.4, 0.5) is 0 Å². The van der Waals surface area contributed by atoms with Gasteiger partial charge in [0, 0.05) is 49.3 Å². The number of hydrogen-bond donors (Lipinski definition) is 1. The second-order valence-corrected chi connectivity index (χ2v) is 7.19. The molecule has 0 aromatic heterocycles. The molecule has 2 fully saturated rings. The van der Waals surface area contributed by atoms with Crippen LogP contribution in [0.2, 0.25) is 5.02 Å². The predicted molar refractivity (Wildman–Crippen MR) is 88.8 cm³/mol. The van der Waals surface area contributed by atoms with Crippen LogP contribution < -0.4 is 5.73 Å². The van der Waals surface area contributed by atoms with Crippen molar-refractivity contribution in [1.29, 1.82) is 0 Å². The highest BCUT2D eigenvalue weighted by Gasteiger charge is 2.36. The maximum Gasteiger partial charge on any atom is 0.0406 e. The largest absolute Gasteiger partial charge is 0.329 e. The van der Waals surface area contributed by atoms with E-state index in [1.54, 1.807) is 0 Å². The lowest BCUT2D eigenvalue weighted by Crippen LogP contribution is -2.60. The normalized spacial score (nSPS) is 24.0. The van der Waals surface area contributed by atoms with E-state index in [9.17, 15) is 0 Å². The van der Waals surface area contributed by atoms with E-state index >= 15 is 0 Å². The number of benzene rings is 1. The zero-order valence-electron chi connectivity index (χ0n) is 12.9. The van der Waals surface area contributed by atoms with Crippen LogP contribution in [0.25, 0.3) is 0 Å². The first-order valence-corrected chi connectivity index (χ1v) is 8.42. The molecule has 1 heterocycles. The number of piperazine rings is 1. The summed E-state index contributed by atoms with van der Waals surface area (Å²) >= 11 is 5.98. The number of rotatable bonds is 5. The van der Waals surface area contributed by atoms with Crippen LogP contribution in [0.1, 0.15) is 25.3 Å². The van der Waals surface area contributed by atoms with Gasteiger partial charge in [-0.05, 0) is 43.9 Å². The average Bonchev–Trinajstić information content (AvgIpc) is 3.34. The molecule has 1 saturated carbocycles. The molecule has 1 aliphatic heterocycles. The third-order valence-corrected chi connectivity index (χ3v) is 5.33. The van der Waals surface area contributed by atoms with Crippen LogP contribution in [0.15, 0.2) is 24.3 Å². The van der Waals surface area contributed by atoms with E-state index in [0.29, 0.717) is 6.54 Å². The smallest absolute Gasteiger partial charge is 0.0406 e. The maximum absolute atomic E-state index is 6.14. The third-order valence-electron chi connectivity index (χ3n) is 5.08. The first-order valence-electron chi connectivity index (χ1n) is 8.04. The lowest BCUT2D eigenvalue weighted by molar-refractivity contribution is 0.0435. The van der Waals surface area contributed by atoms with Crippen LogP contribution in [-0.2, 0) is 6.42 Å². The molecule has 1 saturated heterocycles. The van der Waals surface area contributed by atoms with Crippen molar-refractivity contribution in [2.75, 3.05) is 32.7 Å². The lowest BCUT2D eigenvalue weighted by Gasteiger charge is -2.46. The Balaban J connectivity index is 1.63. The summed E-state index contributed by atoms with van der Waals surface area (Å²) < 4.78 is 0. The molecule has 4 heteroatoms.